The number of nitrogens with zero attached hydrogens (tertiary/aromatic N) is 2. The van der Waals surface area contributed by atoms with Gasteiger partial charge in [0.1, 0.15) is 5.69 Å². The first-order chi connectivity index (χ1) is 6.36. The molecule has 0 radical (unpaired) electrons. The number of aromatic nitrogens is 2. The minimum absolute atomic E-state index is 0.0357. The summed E-state index contributed by atoms with van der Waals surface area (Å²) in [7, 11) is 1.88. The summed E-state index contributed by atoms with van der Waals surface area (Å²) < 4.78 is 1.79. The second kappa shape index (κ2) is 3.56. The summed E-state index contributed by atoms with van der Waals surface area (Å²) in [6, 6.07) is 1.89. The zero-order chi connectivity index (χ0) is 10.9. The Morgan fingerprint density at radius 3 is 2.43 bits per heavy atom. The third-order valence-corrected chi connectivity index (χ3v) is 2.26. The zero-order valence-corrected chi connectivity index (χ0v) is 9.59. The summed E-state index contributed by atoms with van der Waals surface area (Å²) in [5, 5.41) is 4.21. The highest BCUT2D eigenvalue weighted by atomic mass is 16.1. The van der Waals surface area contributed by atoms with E-state index >= 15 is 0 Å². The van der Waals surface area contributed by atoms with Crippen molar-refractivity contribution in [2.24, 2.45) is 7.05 Å². The van der Waals surface area contributed by atoms with E-state index in [4.69, 9.17) is 0 Å². The van der Waals surface area contributed by atoms with E-state index in [0.29, 0.717) is 12.1 Å². The van der Waals surface area contributed by atoms with E-state index in [1.807, 2.05) is 20.0 Å². The standard InChI is InChI=1S/C11H18N2O/c1-6-9(14)8-7-10(11(2,3)4)13(5)12-8/h7H,6H2,1-5H3. The number of hydrogen-bond acceptors (Lipinski definition) is 2. The maximum absolute atomic E-state index is 11.4. The van der Waals surface area contributed by atoms with Gasteiger partial charge in [0.05, 0.1) is 0 Å². The lowest BCUT2D eigenvalue weighted by Crippen LogP contribution is -2.16. The molecule has 0 aromatic carbocycles. The van der Waals surface area contributed by atoms with E-state index in [2.05, 4.69) is 25.9 Å². The second-order valence-corrected chi connectivity index (χ2v) is 4.57. The van der Waals surface area contributed by atoms with Crippen LogP contribution in [0.4, 0.5) is 0 Å². The number of carbonyl (C=O) groups excluding carboxylic acids is 1. The summed E-state index contributed by atoms with van der Waals surface area (Å²) in [6.07, 6.45) is 0.514. The Hall–Kier alpha value is -1.12. The quantitative estimate of drug-likeness (QED) is 0.677. The van der Waals surface area contributed by atoms with E-state index in [1.165, 1.54) is 0 Å². The number of ketones is 1. The third-order valence-electron chi connectivity index (χ3n) is 2.26. The van der Waals surface area contributed by atoms with Gasteiger partial charge in [0.25, 0.3) is 0 Å². The topological polar surface area (TPSA) is 34.9 Å². The second-order valence-electron chi connectivity index (χ2n) is 4.57. The smallest absolute Gasteiger partial charge is 0.182 e. The van der Waals surface area contributed by atoms with Gasteiger partial charge in [-0.25, -0.2) is 0 Å². The van der Waals surface area contributed by atoms with Gasteiger partial charge in [-0.1, -0.05) is 27.7 Å². The summed E-state index contributed by atoms with van der Waals surface area (Å²) in [5.74, 6) is 0.108. The first-order valence-corrected chi connectivity index (χ1v) is 4.94. The molecule has 78 valence electrons. The van der Waals surface area contributed by atoms with E-state index < -0.39 is 0 Å². The van der Waals surface area contributed by atoms with Crippen LogP contribution >= 0.6 is 0 Å². The number of hydrogen-bond donors (Lipinski definition) is 0. The Labute approximate surface area is 85.1 Å². The SMILES string of the molecule is CCC(=O)c1cc(C(C)(C)C)n(C)n1. The molecule has 0 aliphatic carbocycles. The van der Waals surface area contributed by atoms with Crippen molar-refractivity contribution in [3.63, 3.8) is 0 Å². The van der Waals surface area contributed by atoms with Gasteiger partial charge in [-0.15, -0.1) is 0 Å². The fourth-order valence-electron chi connectivity index (χ4n) is 1.49. The van der Waals surface area contributed by atoms with Gasteiger partial charge >= 0.3 is 0 Å². The van der Waals surface area contributed by atoms with E-state index in [9.17, 15) is 4.79 Å². The Bertz CT molecular complexity index is 345. The van der Waals surface area contributed by atoms with Gasteiger partial charge in [-0.3, -0.25) is 9.48 Å². The molecule has 0 aliphatic rings. The van der Waals surface area contributed by atoms with Gasteiger partial charge in [0.2, 0.25) is 0 Å². The van der Waals surface area contributed by atoms with E-state index in [0.717, 1.165) is 5.69 Å². The van der Waals surface area contributed by atoms with Crippen molar-refractivity contribution in [1.82, 2.24) is 9.78 Å². The maximum atomic E-state index is 11.4. The van der Waals surface area contributed by atoms with Crippen molar-refractivity contribution in [3.8, 4) is 0 Å². The summed E-state index contributed by atoms with van der Waals surface area (Å²) >= 11 is 0. The molecule has 0 unspecified atom stereocenters. The van der Waals surface area contributed by atoms with Crippen molar-refractivity contribution in [2.75, 3.05) is 0 Å². The van der Waals surface area contributed by atoms with Crippen LogP contribution in [0.2, 0.25) is 0 Å². The molecule has 0 saturated carbocycles. The van der Waals surface area contributed by atoms with Crippen LogP contribution in [0.1, 0.15) is 50.3 Å². The predicted octanol–water partition coefficient (Wildman–Crippen LogP) is 2.31. The zero-order valence-electron chi connectivity index (χ0n) is 9.59. The Morgan fingerprint density at radius 1 is 1.50 bits per heavy atom. The summed E-state index contributed by atoms with van der Waals surface area (Å²) in [6.45, 7) is 8.20. The van der Waals surface area contributed by atoms with Gasteiger partial charge in [-0.05, 0) is 6.07 Å². The minimum Gasteiger partial charge on any atom is -0.292 e. The number of carbonyl (C=O) groups is 1. The minimum atomic E-state index is 0.0357. The first kappa shape index (κ1) is 11.0. The number of aryl methyl sites for hydroxylation is 1. The molecule has 0 atom stereocenters. The van der Waals surface area contributed by atoms with E-state index in [1.54, 1.807) is 4.68 Å². The third kappa shape index (κ3) is 2.03. The number of rotatable bonds is 2. The lowest BCUT2D eigenvalue weighted by Gasteiger charge is -2.17. The van der Waals surface area contributed by atoms with Crippen LogP contribution in [0.15, 0.2) is 6.07 Å². The predicted molar refractivity (Wildman–Crippen MR) is 56.5 cm³/mol. The molecule has 1 heterocycles. The van der Waals surface area contributed by atoms with Crippen LogP contribution in [0.3, 0.4) is 0 Å². The van der Waals surface area contributed by atoms with Crippen molar-refractivity contribution in [1.29, 1.82) is 0 Å². The van der Waals surface area contributed by atoms with Crippen LogP contribution in [0.5, 0.6) is 0 Å². The molecule has 1 aromatic heterocycles. The molecular weight excluding hydrogens is 176 g/mol. The fraction of sp³-hybridized carbons (Fsp3) is 0.636. The van der Waals surface area contributed by atoms with Gasteiger partial charge in [-0.2, -0.15) is 5.10 Å². The summed E-state index contributed by atoms with van der Waals surface area (Å²) in [5.41, 5.74) is 1.71. The molecular formula is C11H18N2O. The van der Waals surface area contributed by atoms with Crippen LogP contribution in [-0.4, -0.2) is 15.6 Å². The number of Topliss-reactive ketones (excluding diaryl/α,β-unsaturated/α-hetero) is 1. The van der Waals surface area contributed by atoms with Crippen LogP contribution < -0.4 is 0 Å². The maximum Gasteiger partial charge on any atom is 0.182 e. The molecule has 0 fully saturated rings. The highest BCUT2D eigenvalue weighted by Crippen LogP contribution is 2.22. The van der Waals surface area contributed by atoms with Crippen LogP contribution in [0, 0.1) is 0 Å². The lowest BCUT2D eigenvalue weighted by atomic mass is 9.92. The Morgan fingerprint density at radius 2 is 2.07 bits per heavy atom. The van der Waals surface area contributed by atoms with Crippen LogP contribution in [-0.2, 0) is 12.5 Å². The van der Waals surface area contributed by atoms with Gasteiger partial charge < -0.3 is 0 Å². The molecule has 14 heavy (non-hydrogen) atoms. The summed E-state index contributed by atoms with van der Waals surface area (Å²) in [4.78, 5) is 11.4. The fourth-order valence-corrected chi connectivity index (χ4v) is 1.49. The van der Waals surface area contributed by atoms with E-state index in [-0.39, 0.29) is 11.2 Å². The monoisotopic (exact) mass is 194 g/mol. The molecule has 3 heteroatoms. The Kier molecular flexibility index (Phi) is 2.79. The molecule has 0 amide bonds. The van der Waals surface area contributed by atoms with Gasteiger partial charge in [0, 0.05) is 24.6 Å². The van der Waals surface area contributed by atoms with Gasteiger partial charge in [0.15, 0.2) is 5.78 Å². The van der Waals surface area contributed by atoms with Crippen molar-refractivity contribution in [3.05, 3.63) is 17.5 Å². The largest absolute Gasteiger partial charge is 0.292 e. The van der Waals surface area contributed by atoms with Crippen molar-refractivity contribution < 1.29 is 4.79 Å². The Balaban J connectivity index is 3.12. The average Bonchev–Trinajstić information content (AvgIpc) is 2.45. The molecule has 1 aromatic rings. The molecule has 3 nitrogen and oxygen atoms in total. The van der Waals surface area contributed by atoms with Crippen LogP contribution in [0.25, 0.3) is 0 Å². The molecule has 1 rings (SSSR count). The highest BCUT2D eigenvalue weighted by Gasteiger charge is 2.20. The van der Waals surface area contributed by atoms with Crippen molar-refractivity contribution >= 4 is 5.78 Å². The first-order valence-electron chi connectivity index (χ1n) is 4.94. The molecule has 0 spiro atoms. The lowest BCUT2D eigenvalue weighted by molar-refractivity contribution is 0.0982. The normalized spacial score (nSPS) is 11.8. The average molecular weight is 194 g/mol. The highest BCUT2D eigenvalue weighted by molar-refractivity contribution is 5.94. The molecule has 0 aliphatic heterocycles. The van der Waals surface area contributed by atoms with Crippen molar-refractivity contribution in [2.45, 2.75) is 39.5 Å². The molecule has 0 N–H and O–H groups in total. The molecule has 0 bridgehead atoms. The molecule has 0 saturated heterocycles.